The fourth-order valence-corrected chi connectivity index (χ4v) is 5.26. The van der Waals surface area contributed by atoms with Crippen LogP contribution in [-0.4, -0.2) is 60.3 Å². The first-order valence-corrected chi connectivity index (χ1v) is 12.3. The van der Waals surface area contributed by atoms with Gasteiger partial charge in [0.05, 0.1) is 5.82 Å². The molecule has 4 rings (SSSR count). The molecule has 12 heteroatoms. The number of nitrogens with one attached hydrogen (secondary N) is 1. The summed E-state index contributed by atoms with van der Waals surface area (Å²) in [6.45, 7) is 3.06. The number of halogens is 3. The fraction of sp³-hybridized carbons (Fsp3) is 0.577. The van der Waals surface area contributed by atoms with Gasteiger partial charge in [0.1, 0.15) is 11.4 Å². The molecule has 0 spiro atoms. The summed E-state index contributed by atoms with van der Waals surface area (Å²) >= 11 is 0. The van der Waals surface area contributed by atoms with E-state index in [4.69, 9.17) is 21.9 Å². The van der Waals surface area contributed by atoms with Gasteiger partial charge in [-0.05, 0) is 55.7 Å². The van der Waals surface area contributed by atoms with E-state index in [2.05, 4.69) is 0 Å². The summed E-state index contributed by atoms with van der Waals surface area (Å²) in [4.78, 5) is 13.2. The number of nitrogens with zero attached hydrogens (tertiary/aromatic N) is 1. The van der Waals surface area contributed by atoms with Gasteiger partial charge in [-0.2, -0.15) is 0 Å². The SMILES string of the molecule is C.CNC(=O)c1c(F)cc(/C(N)=C/C=C(N)N)c(F)c1F.OC(O)(C1CCOCC1)N1CC2CCCC2C1. The van der Waals surface area contributed by atoms with E-state index in [0.717, 1.165) is 45.1 Å². The zero-order valence-electron chi connectivity index (χ0n) is 20.9. The number of nitrogens with two attached hydrogens (primary N) is 3. The minimum Gasteiger partial charge on any atom is -0.398 e. The number of allylic oxidation sites excluding steroid dienone is 2. The summed E-state index contributed by atoms with van der Waals surface area (Å²) in [5.41, 5.74) is 13.9. The van der Waals surface area contributed by atoms with Gasteiger partial charge in [-0.3, -0.25) is 9.69 Å². The molecule has 1 aromatic rings. The Hall–Kier alpha value is -2.80. The number of rotatable bonds is 5. The van der Waals surface area contributed by atoms with Crippen molar-refractivity contribution in [2.75, 3.05) is 33.4 Å². The zero-order chi connectivity index (χ0) is 27.3. The van der Waals surface area contributed by atoms with Crippen molar-refractivity contribution in [2.24, 2.45) is 35.0 Å². The Labute approximate surface area is 221 Å². The van der Waals surface area contributed by atoms with Gasteiger partial charge in [0, 0.05) is 50.5 Å². The quantitative estimate of drug-likeness (QED) is 0.187. The molecule has 3 aliphatic rings. The Balaban J connectivity index is 0.000000262. The van der Waals surface area contributed by atoms with Crippen LogP contribution >= 0.6 is 0 Å². The third-order valence-electron chi connectivity index (χ3n) is 7.34. The first kappa shape index (κ1) is 31.4. The molecule has 214 valence electrons. The molecule has 0 radical (unpaired) electrons. The van der Waals surface area contributed by atoms with Crippen LogP contribution in [0.5, 0.6) is 0 Å². The lowest BCUT2D eigenvalue weighted by molar-refractivity contribution is -0.301. The first-order valence-electron chi connectivity index (χ1n) is 12.3. The summed E-state index contributed by atoms with van der Waals surface area (Å²) in [6, 6.07) is 0.620. The van der Waals surface area contributed by atoms with Gasteiger partial charge in [0.25, 0.3) is 5.91 Å². The largest absolute Gasteiger partial charge is 0.398 e. The van der Waals surface area contributed by atoms with Crippen LogP contribution in [0.3, 0.4) is 0 Å². The Morgan fingerprint density at radius 3 is 2.16 bits per heavy atom. The predicted octanol–water partition coefficient (Wildman–Crippen LogP) is 1.94. The van der Waals surface area contributed by atoms with Gasteiger partial charge in [-0.15, -0.1) is 0 Å². The summed E-state index contributed by atoms with van der Waals surface area (Å²) in [7, 11) is 1.16. The molecule has 1 saturated carbocycles. The van der Waals surface area contributed by atoms with Gasteiger partial charge in [-0.1, -0.05) is 13.8 Å². The number of fused-ring (bicyclic) bond motifs is 1. The number of likely N-dealkylation sites (tertiary alicyclic amines) is 1. The Kier molecular flexibility index (Phi) is 11.0. The molecular formula is C26H40F3N5O4. The number of benzene rings is 1. The van der Waals surface area contributed by atoms with Crippen molar-refractivity contribution in [2.45, 2.75) is 45.4 Å². The molecule has 2 unspecified atom stereocenters. The number of hydrogen-bond donors (Lipinski definition) is 6. The number of carbonyl (C=O) groups excluding carboxylic acids is 1. The highest BCUT2D eigenvalue weighted by Gasteiger charge is 2.48. The van der Waals surface area contributed by atoms with Crippen LogP contribution < -0.4 is 22.5 Å². The van der Waals surface area contributed by atoms with Crippen LogP contribution in [-0.2, 0) is 4.74 Å². The summed E-state index contributed by atoms with van der Waals surface area (Å²) < 4.78 is 46.4. The molecular weight excluding hydrogens is 503 g/mol. The van der Waals surface area contributed by atoms with E-state index in [1.54, 1.807) is 0 Å². The highest BCUT2D eigenvalue weighted by atomic mass is 19.2. The molecule has 2 atom stereocenters. The van der Waals surface area contributed by atoms with E-state index >= 15 is 0 Å². The van der Waals surface area contributed by atoms with Crippen molar-refractivity contribution in [3.8, 4) is 0 Å². The maximum atomic E-state index is 13.8. The van der Waals surface area contributed by atoms with Gasteiger partial charge in [-0.25, -0.2) is 13.2 Å². The van der Waals surface area contributed by atoms with Gasteiger partial charge >= 0.3 is 0 Å². The van der Waals surface area contributed by atoms with Crippen molar-refractivity contribution in [1.29, 1.82) is 0 Å². The average Bonchev–Trinajstić information content (AvgIpc) is 3.49. The maximum absolute atomic E-state index is 13.8. The molecule has 0 aromatic heterocycles. The monoisotopic (exact) mass is 543 g/mol. The van der Waals surface area contributed by atoms with Gasteiger partial charge < -0.3 is 37.5 Å². The molecule has 3 fully saturated rings. The lowest BCUT2D eigenvalue weighted by Crippen LogP contribution is -2.54. The van der Waals surface area contributed by atoms with Crippen molar-refractivity contribution in [3.05, 3.63) is 52.6 Å². The van der Waals surface area contributed by atoms with Crippen LogP contribution in [0.4, 0.5) is 13.2 Å². The molecule has 0 bridgehead atoms. The minimum atomic E-state index is -1.62. The Morgan fingerprint density at radius 1 is 1.05 bits per heavy atom. The number of aliphatic hydroxyl groups is 2. The van der Waals surface area contributed by atoms with E-state index in [-0.39, 0.29) is 24.9 Å². The molecule has 1 aromatic carbocycles. The normalized spacial score (nSPS) is 22.1. The highest BCUT2D eigenvalue weighted by Crippen LogP contribution is 2.42. The minimum absolute atomic E-state index is 0. The first-order chi connectivity index (χ1) is 17.5. The summed E-state index contributed by atoms with van der Waals surface area (Å²) in [6.07, 6.45) is 7.61. The van der Waals surface area contributed by atoms with Crippen LogP contribution in [0.1, 0.15) is 55.5 Å². The Bertz CT molecular complexity index is 1030. The third-order valence-corrected chi connectivity index (χ3v) is 7.34. The molecule has 1 amide bonds. The average molecular weight is 544 g/mol. The molecule has 9 N–H and O–H groups in total. The van der Waals surface area contributed by atoms with E-state index in [1.807, 2.05) is 10.2 Å². The van der Waals surface area contributed by atoms with Crippen LogP contribution in [0.15, 0.2) is 24.0 Å². The molecule has 38 heavy (non-hydrogen) atoms. The molecule has 2 heterocycles. The van der Waals surface area contributed by atoms with Crippen molar-refractivity contribution in [3.63, 3.8) is 0 Å². The summed E-state index contributed by atoms with van der Waals surface area (Å²) in [5, 5.41) is 22.8. The third kappa shape index (κ3) is 6.99. The number of amides is 1. The zero-order valence-corrected chi connectivity index (χ0v) is 20.9. The number of ether oxygens (including phenoxy) is 1. The van der Waals surface area contributed by atoms with E-state index < -0.39 is 40.4 Å². The van der Waals surface area contributed by atoms with Crippen molar-refractivity contribution >= 4 is 11.6 Å². The second kappa shape index (κ2) is 13.3. The number of carbonyl (C=O) groups is 1. The van der Waals surface area contributed by atoms with Crippen molar-refractivity contribution in [1.82, 2.24) is 10.2 Å². The topological polar surface area (TPSA) is 160 Å². The van der Waals surface area contributed by atoms with Gasteiger partial charge in [0.2, 0.25) is 5.91 Å². The smallest absolute Gasteiger partial charge is 0.257 e. The highest BCUT2D eigenvalue weighted by molar-refractivity contribution is 5.95. The van der Waals surface area contributed by atoms with Gasteiger partial charge in [0.15, 0.2) is 11.6 Å². The second-order valence-electron chi connectivity index (χ2n) is 9.71. The molecule has 2 saturated heterocycles. The predicted molar refractivity (Wildman–Crippen MR) is 138 cm³/mol. The lowest BCUT2D eigenvalue weighted by atomic mass is 9.95. The van der Waals surface area contributed by atoms with E-state index in [1.165, 1.54) is 19.3 Å². The van der Waals surface area contributed by atoms with E-state index in [0.29, 0.717) is 31.1 Å². The Morgan fingerprint density at radius 2 is 1.63 bits per heavy atom. The number of hydrogen-bond acceptors (Lipinski definition) is 8. The van der Waals surface area contributed by atoms with Crippen LogP contribution in [0.2, 0.25) is 0 Å². The maximum Gasteiger partial charge on any atom is 0.257 e. The van der Waals surface area contributed by atoms with Crippen molar-refractivity contribution < 1.29 is 32.9 Å². The van der Waals surface area contributed by atoms with E-state index in [9.17, 15) is 28.2 Å². The summed E-state index contributed by atoms with van der Waals surface area (Å²) in [5.74, 6) is -5.75. The molecule has 2 aliphatic heterocycles. The van der Waals surface area contributed by atoms with Crippen LogP contribution in [0.25, 0.3) is 5.70 Å². The molecule has 9 nitrogen and oxygen atoms in total. The standard InChI is InChI=1S/C13H23NO3.C12H13F3N4O.CH4/c15-13(16,12-4-6-17-7-5-12)14-8-10-2-1-3-11(10)9-14;1-19-12(20)9-6(13)4-5(10(14)11(9)15)7(16)2-3-8(17)18;/h10-12,15-16H,1-9H2;2-4H,16-18H2,1H3,(H,19,20);1H4/b;7-2-;. The lowest BCUT2D eigenvalue weighted by Gasteiger charge is -2.40. The van der Waals surface area contributed by atoms with Crippen LogP contribution in [0, 0.1) is 35.2 Å². The fourth-order valence-electron chi connectivity index (χ4n) is 5.26. The second-order valence-corrected chi connectivity index (χ2v) is 9.71. The molecule has 1 aliphatic carbocycles.